The number of carbonyl (C=O) groups excluding carboxylic acids is 1. The molecule has 8 heteroatoms. The molecule has 0 saturated carbocycles. The van der Waals surface area contributed by atoms with Crippen LogP contribution in [0, 0.1) is 22.7 Å². The van der Waals surface area contributed by atoms with Gasteiger partial charge < -0.3 is 15.0 Å². The molecule has 2 aromatic heterocycles. The van der Waals surface area contributed by atoms with Crippen molar-refractivity contribution in [3.05, 3.63) is 64.9 Å². The van der Waals surface area contributed by atoms with Gasteiger partial charge in [-0.05, 0) is 79.5 Å². The smallest absolute Gasteiger partial charge is 0.178 e. The molecule has 0 unspecified atom stereocenters. The number of nitrogens with one attached hydrogen (secondary N) is 1. The first-order valence-corrected chi connectivity index (χ1v) is 15.7. The van der Waals surface area contributed by atoms with Crippen LogP contribution in [-0.4, -0.2) is 62.2 Å². The number of nitriles is 1. The van der Waals surface area contributed by atoms with Crippen LogP contribution < -0.4 is 0 Å². The van der Waals surface area contributed by atoms with Crippen LogP contribution in [0.3, 0.4) is 0 Å². The number of likely N-dealkylation sites (tertiary alicyclic amines) is 1. The number of aromatic amines is 1. The van der Waals surface area contributed by atoms with E-state index in [2.05, 4.69) is 59.9 Å². The van der Waals surface area contributed by atoms with Gasteiger partial charge in [0.2, 0.25) is 0 Å². The van der Waals surface area contributed by atoms with Gasteiger partial charge in [0, 0.05) is 37.2 Å². The van der Waals surface area contributed by atoms with Gasteiger partial charge in [-0.1, -0.05) is 45.0 Å². The summed E-state index contributed by atoms with van der Waals surface area (Å²) < 4.78 is 0. The summed E-state index contributed by atoms with van der Waals surface area (Å²) in [6.45, 7) is 9.59. The number of piperidine rings is 1. The highest BCUT2D eigenvalue weighted by Gasteiger charge is 2.32. The Morgan fingerprint density at radius 2 is 1.93 bits per heavy atom. The Balaban J connectivity index is 1.19. The SMILES string of the molecule is CC(C)(C)[C@H]1CCc2nc3c(cc2C1)N=C(C(=O)C[C@H](CCN1CCC(O)CC1)c1ccc(-c2[nH]cnc2C#N)cc1)C3. The molecular formula is C35H42N6O2. The highest BCUT2D eigenvalue weighted by atomic mass is 16.3. The van der Waals surface area contributed by atoms with Crippen LogP contribution in [0.2, 0.25) is 0 Å². The van der Waals surface area contributed by atoms with Crippen LogP contribution in [0.4, 0.5) is 5.69 Å². The van der Waals surface area contributed by atoms with Gasteiger partial charge in [-0.2, -0.15) is 5.26 Å². The van der Waals surface area contributed by atoms with Gasteiger partial charge in [0.1, 0.15) is 6.07 Å². The zero-order chi connectivity index (χ0) is 30.1. The van der Waals surface area contributed by atoms with Gasteiger partial charge in [0.15, 0.2) is 11.5 Å². The molecule has 8 nitrogen and oxygen atoms in total. The number of nitrogens with zero attached hydrogens (tertiary/aromatic N) is 5. The Bertz CT molecular complexity index is 1550. The van der Waals surface area contributed by atoms with E-state index in [0.29, 0.717) is 35.9 Å². The highest BCUT2D eigenvalue weighted by Crippen LogP contribution is 2.39. The van der Waals surface area contributed by atoms with E-state index >= 15 is 0 Å². The number of fused-ring (bicyclic) bond motifs is 2. The Hall–Kier alpha value is -3.67. The summed E-state index contributed by atoms with van der Waals surface area (Å²) in [4.78, 5) is 33.2. The number of Topliss-reactive ketones (excluding diaryl/α,β-unsaturated/α-hetero) is 1. The first-order valence-electron chi connectivity index (χ1n) is 15.7. The molecule has 3 aromatic rings. The summed E-state index contributed by atoms with van der Waals surface area (Å²) in [6.07, 6.45) is 7.84. The molecule has 0 bridgehead atoms. The molecule has 0 spiro atoms. The fourth-order valence-electron chi connectivity index (χ4n) is 6.90. The van der Waals surface area contributed by atoms with E-state index in [1.54, 1.807) is 0 Å². The maximum atomic E-state index is 13.8. The number of hydrogen-bond acceptors (Lipinski definition) is 7. The first kappa shape index (κ1) is 29.4. The minimum absolute atomic E-state index is 0.0331. The number of aliphatic hydroxyl groups excluding tert-OH is 1. The summed E-state index contributed by atoms with van der Waals surface area (Å²) in [7, 11) is 0. The van der Waals surface area contributed by atoms with Gasteiger partial charge in [0.05, 0.1) is 35.2 Å². The number of rotatable bonds is 8. The van der Waals surface area contributed by atoms with Crippen molar-refractivity contribution < 1.29 is 9.90 Å². The van der Waals surface area contributed by atoms with E-state index in [9.17, 15) is 15.2 Å². The third-order valence-corrected chi connectivity index (χ3v) is 9.78. The Morgan fingerprint density at radius 3 is 2.65 bits per heavy atom. The van der Waals surface area contributed by atoms with Crippen LogP contribution in [0.15, 0.2) is 41.7 Å². The number of aryl methyl sites for hydroxylation is 1. The molecule has 4 heterocycles. The maximum Gasteiger partial charge on any atom is 0.178 e. The van der Waals surface area contributed by atoms with Crippen molar-refractivity contribution in [1.82, 2.24) is 19.9 Å². The molecule has 2 aliphatic heterocycles. The summed E-state index contributed by atoms with van der Waals surface area (Å²) in [5, 5.41) is 19.3. The third-order valence-electron chi connectivity index (χ3n) is 9.78. The lowest BCUT2D eigenvalue weighted by Crippen LogP contribution is -2.37. The number of aliphatic hydroxyl groups is 1. The quantitative estimate of drug-likeness (QED) is 0.353. The lowest BCUT2D eigenvalue weighted by Gasteiger charge is -2.34. The van der Waals surface area contributed by atoms with E-state index in [0.717, 1.165) is 80.7 Å². The maximum absolute atomic E-state index is 13.8. The monoisotopic (exact) mass is 578 g/mol. The number of ketones is 1. The second-order valence-corrected chi connectivity index (χ2v) is 13.6. The summed E-state index contributed by atoms with van der Waals surface area (Å²) in [5.41, 5.74) is 8.25. The fourth-order valence-corrected chi connectivity index (χ4v) is 6.90. The number of imidazole rings is 1. The van der Waals surface area contributed by atoms with Crippen molar-refractivity contribution in [2.24, 2.45) is 16.3 Å². The number of carbonyl (C=O) groups is 1. The number of benzene rings is 1. The van der Waals surface area contributed by atoms with Crippen LogP contribution in [0.5, 0.6) is 0 Å². The minimum Gasteiger partial charge on any atom is -0.393 e. The van der Waals surface area contributed by atoms with Gasteiger partial charge in [-0.15, -0.1) is 0 Å². The number of aliphatic imine (C=N–C) groups is 1. The van der Waals surface area contributed by atoms with Crippen molar-refractivity contribution in [3.63, 3.8) is 0 Å². The normalized spacial score (nSPS) is 19.8. The molecule has 0 radical (unpaired) electrons. The lowest BCUT2D eigenvalue weighted by atomic mass is 9.71. The Morgan fingerprint density at radius 1 is 1.16 bits per heavy atom. The van der Waals surface area contributed by atoms with Gasteiger partial charge in [-0.25, -0.2) is 9.98 Å². The van der Waals surface area contributed by atoms with Gasteiger partial charge in [-0.3, -0.25) is 9.78 Å². The molecule has 2 N–H and O–H groups in total. The first-order chi connectivity index (χ1) is 20.7. The predicted molar refractivity (Wildman–Crippen MR) is 167 cm³/mol. The number of aromatic nitrogens is 3. The highest BCUT2D eigenvalue weighted by molar-refractivity contribution is 6.41. The topological polar surface area (TPSA) is 118 Å². The van der Waals surface area contributed by atoms with E-state index in [1.807, 2.05) is 12.1 Å². The molecule has 3 aliphatic rings. The summed E-state index contributed by atoms with van der Waals surface area (Å²) >= 11 is 0. The van der Waals surface area contributed by atoms with Crippen molar-refractivity contribution >= 4 is 17.2 Å². The summed E-state index contributed by atoms with van der Waals surface area (Å²) in [5.74, 6) is 0.749. The third kappa shape index (κ3) is 6.48. The number of H-pyrrole nitrogens is 1. The van der Waals surface area contributed by atoms with E-state index in [1.165, 1.54) is 17.6 Å². The van der Waals surface area contributed by atoms with E-state index < -0.39 is 0 Å². The van der Waals surface area contributed by atoms with Crippen molar-refractivity contribution in [2.75, 3.05) is 19.6 Å². The Labute approximate surface area is 254 Å². The number of pyridine rings is 1. The lowest BCUT2D eigenvalue weighted by molar-refractivity contribution is -0.113. The standard InChI is InChI=1S/C35H42N6O2/c1-35(2,3)26-8-9-28-25(16-26)17-29-30(39-28)19-31(40-29)33(43)18-24(10-13-41-14-11-27(42)12-15-41)22-4-6-23(7-5-22)34-32(20-36)37-21-38-34/h4-7,17,21,24,26-27,42H,8-16,18-19H2,1-3H3,(H,37,38)/t24-,26-/m0/s1. The molecule has 0 amide bonds. The molecule has 1 aromatic carbocycles. The van der Waals surface area contributed by atoms with E-state index in [-0.39, 0.29) is 23.2 Å². The molecule has 224 valence electrons. The summed E-state index contributed by atoms with van der Waals surface area (Å²) in [6, 6.07) is 12.5. The fraction of sp³-hybridized carbons (Fsp3) is 0.514. The number of hydrogen-bond donors (Lipinski definition) is 2. The average molecular weight is 579 g/mol. The largest absolute Gasteiger partial charge is 0.393 e. The molecule has 1 saturated heterocycles. The van der Waals surface area contributed by atoms with Crippen molar-refractivity contribution in [2.45, 2.75) is 84.2 Å². The van der Waals surface area contributed by atoms with Crippen LogP contribution in [0.1, 0.15) is 87.0 Å². The average Bonchev–Trinajstić information content (AvgIpc) is 3.65. The predicted octanol–water partition coefficient (Wildman–Crippen LogP) is 5.71. The van der Waals surface area contributed by atoms with Crippen LogP contribution in [-0.2, 0) is 24.1 Å². The second kappa shape index (κ2) is 12.1. The molecule has 1 fully saturated rings. The Kier molecular flexibility index (Phi) is 8.30. The molecular weight excluding hydrogens is 536 g/mol. The molecule has 2 atom stereocenters. The molecule has 6 rings (SSSR count). The van der Waals surface area contributed by atoms with Crippen LogP contribution in [0.25, 0.3) is 11.3 Å². The van der Waals surface area contributed by atoms with Crippen molar-refractivity contribution in [3.8, 4) is 17.3 Å². The zero-order valence-electron chi connectivity index (χ0n) is 25.6. The van der Waals surface area contributed by atoms with E-state index in [4.69, 9.17) is 9.98 Å². The minimum atomic E-state index is -0.206. The molecule has 1 aliphatic carbocycles. The van der Waals surface area contributed by atoms with Gasteiger partial charge in [0.25, 0.3) is 0 Å². The zero-order valence-corrected chi connectivity index (χ0v) is 25.6. The van der Waals surface area contributed by atoms with Crippen molar-refractivity contribution in [1.29, 1.82) is 5.26 Å². The van der Waals surface area contributed by atoms with Crippen LogP contribution >= 0.6 is 0 Å². The molecule has 43 heavy (non-hydrogen) atoms. The van der Waals surface area contributed by atoms with Gasteiger partial charge >= 0.3 is 0 Å². The second-order valence-electron chi connectivity index (χ2n) is 13.6.